The van der Waals surface area contributed by atoms with Gasteiger partial charge >= 0.3 is 24.1 Å². The van der Waals surface area contributed by atoms with Crippen molar-refractivity contribution >= 4 is 59.1 Å². The number of nitrogens with zero attached hydrogens (tertiary/aromatic N) is 4. The number of carbonyl (C=O) groups excluding carboxylic acids is 7. The van der Waals surface area contributed by atoms with Crippen LogP contribution in [0.3, 0.4) is 0 Å². The second-order valence-corrected chi connectivity index (χ2v) is 23.6. The molecule has 4 bridgehead atoms. The van der Waals surface area contributed by atoms with Crippen LogP contribution in [0.1, 0.15) is 120 Å². The summed E-state index contributed by atoms with van der Waals surface area (Å²) in [5.74, 6) is -2.89. The van der Waals surface area contributed by atoms with Crippen molar-refractivity contribution in [3.05, 3.63) is 46.5 Å². The summed E-state index contributed by atoms with van der Waals surface area (Å²) in [7, 11) is 5.84. The monoisotopic (exact) mass is 1150 g/mol. The number of carbonyl (C=O) groups is 7. The Balaban J connectivity index is 1.30. The molecule has 8 atom stereocenters. The Morgan fingerprint density at radius 3 is 2.20 bits per heavy atom. The Bertz CT molecular complexity index is 2430. The molecule has 80 heavy (non-hydrogen) atoms. The topological polar surface area (TPSA) is 251 Å². The molecule has 23 heteroatoms. The largest absolute Gasteiger partial charge is 0.495 e. The number of amides is 5. The molecule has 1 aromatic rings. The number of anilines is 1. The molecule has 3 saturated heterocycles. The van der Waals surface area contributed by atoms with Crippen LogP contribution in [0.25, 0.3) is 0 Å². The summed E-state index contributed by atoms with van der Waals surface area (Å²) in [6.45, 7) is 19.1. The van der Waals surface area contributed by atoms with Gasteiger partial charge < -0.3 is 67.3 Å². The number of piperidine rings is 1. The van der Waals surface area contributed by atoms with Gasteiger partial charge in [0.05, 0.1) is 58.2 Å². The van der Waals surface area contributed by atoms with Gasteiger partial charge in [-0.25, -0.2) is 14.4 Å². The van der Waals surface area contributed by atoms with Crippen molar-refractivity contribution in [2.75, 3.05) is 79.3 Å². The first-order valence-electron chi connectivity index (χ1n) is 27.4. The molecule has 0 aromatic heterocycles. The number of epoxide rings is 1. The second kappa shape index (κ2) is 28.0. The van der Waals surface area contributed by atoms with Gasteiger partial charge in [-0.05, 0) is 99.3 Å². The lowest BCUT2D eigenvalue weighted by molar-refractivity contribution is -0.162. The van der Waals surface area contributed by atoms with E-state index in [9.17, 15) is 38.7 Å². The minimum Gasteiger partial charge on any atom is -0.495 e. The molecule has 1 aromatic carbocycles. The maximum Gasteiger partial charge on any atom is 0.410 e. The first kappa shape index (κ1) is 65.3. The maximum absolute atomic E-state index is 14.5. The van der Waals surface area contributed by atoms with Gasteiger partial charge in [0, 0.05) is 72.1 Å². The number of nitrogens with one attached hydrogen (secondary N) is 1. The third-order valence-electron chi connectivity index (χ3n) is 14.7. The normalized spacial score (nSPS) is 26.3. The fourth-order valence-corrected chi connectivity index (χ4v) is 10.3. The van der Waals surface area contributed by atoms with Crippen molar-refractivity contribution in [2.45, 2.75) is 180 Å². The first-order chi connectivity index (χ1) is 37.4. The number of rotatable bonds is 18. The Kier molecular flexibility index (Phi) is 22.8. The van der Waals surface area contributed by atoms with Crippen molar-refractivity contribution < 1.29 is 81.3 Å². The highest BCUT2D eigenvalue weighted by molar-refractivity contribution is 6.35. The fraction of sp³-hybridized carbons (Fsp3) is 0.702. The number of methoxy groups -OCH3 is 2. The number of esters is 2. The minimum absolute atomic E-state index is 0.0891. The third kappa shape index (κ3) is 18.0. The van der Waals surface area contributed by atoms with Gasteiger partial charge in [-0.2, -0.15) is 0 Å². The van der Waals surface area contributed by atoms with Crippen LogP contribution in [-0.4, -0.2) is 195 Å². The highest BCUT2D eigenvalue weighted by Crippen LogP contribution is 2.49. The van der Waals surface area contributed by atoms with Gasteiger partial charge in [-0.15, -0.1) is 0 Å². The average Bonchev–Trinajstić information content (AvgIpc) is 4.23. The molecular weight excluding hydrogens is 1060 g/mol. The number of aliphatic hydroxyl groups is 1. The van der Waals surface area contributed by atoms with E-state index >= 15 is 0 Å². The lowest BCUT2D eigenvalue weighted by Crippen LogP contribution is -2.63. The zero-order valence-corrected chi connectivity index (χ0v) is 49.9. The van der Waals surface area contributed by atoms with Gasteiger partial charge in [-0.3, -0.25) is 24.5 Å². The van der Waals surface area contributed by atoms with E-state index in [-0.39, 0.29) is 81.6 Å². The van der Waals surface area contributed by atoms with Gasteiger partial charge in [0.1, 0.15) is 51.9 Å². The predicted octanol–water partition coefficient (Wildman–Crippen LogP) is 6.29. The first-order valence-corrected chi connectivity index (χ1v) is 27.8. The number of fused-ring (bicyclic) bond motifs is 5. The van der Waals surface area contributed by atoms with Crippen LogP contribution in [0.5, 0.6) is 5.75 Å². The number of allylic oxidation sites excluding steroid dienone is 3. The Hall–Kier alpha value is -5.52. The van der Waals surface area contributed by atoms with E-state index in [2.05, 4.69) is 5.32 Å². The molecular formula is C57H86ClN5O17. The summed E-state index contributed by atoms with van der Waals surface area (Å²) in [4.78, 5) is 101. The molecule has 0 radical (unpaired) electrons. The molecule has 5 rings (SSSR count). The van der Waals surface area contributed by atoms with E-state index in [1.165, 1.54) is 38.0 Å². The van der Waals surface area contributed by atoms with Crippen LogP contribution in [0, 0.1) is 5.92 Å². The molecule has 448 valence electrons. The Morgan fingerprint density at radius 1 is 0.938 bits per heavy atom. The van der Waals surface area contributed by atoms with Crippen LogP contribution < -0.4 is 15.0 Å². The number of hydrogen-bond donors (Lipinski definition) is 2. The minimum atomic E-state index is -1.90. The van der Waals surface area contributed by atoms with Crippen molar-refractivity contribution in [3.63, 3.8) is 0 Å². The lowest BCUT2D eigenvalue weighted by Gasteiger charge is -2.42. The maximum atomic E-state index is 14.5. The summed E-state index contributed by atoms with van der Waals surface area (Å²) in [6.07, 6.45) is 0.328. The van der Waals surface area contributed by atoms with E-state index in [1.807, 2.05) is 13.0 Å². The molecule has 4 aliphatic heterocycles. The Morgan fingerprint density at radius 2 is 1.57 bits per heavy atom. The van der Waals surface area contributed by atoms with Crippen molar-refractivity contribution in [1.29, 1.82) is 0 Å². The fourth-order valence-electron chi connectivity index (χ4n) is 9.98. The number of likely N-dealkylation sites (tertiary alicyclic amines) is 1. The van der Waals surface area contributed by atoms with Crippen molar-refractivity contribution in [2.24, 2.45) is 5.92 Å². The molecule has 0 spiro atoms. The van der Waals surface area contributed by atoms with Crippen LogP contribution in [-0.2, 0) is 68.3 Å². The summed E-state index contributed by atoms with van der Waals surface area (Å²) in [5, 5.41) is 14.6. The molecule has 2 unspecified atom stereocenters. The number of likely N-dealkylation sites (N-methyl/N-ethyl adjacent to an activating group) is 1. The SMILES string of the molecule is COc1cc2cc(c1Cl)N(C)C(=O)C[C@H](OC(=O)[C@H](C)N(C)C(=O)CCC(=O)N(CCOCCOCCC(=O)OC(C)(C)C)C1CCN(C(=O)OC(C)(C)C)CC1)[C@]1(C)OC1[C@H](C)C1C[C@@](O)(NC(=O)O1)[C@H](OC)/C=C/C=C(\C)C2. The standard InChI is InChI=1S/C57H86ClN5O17/c1-35-16-15-17-43(73-14)57(71)34-42(76-52(69)59-57)36(2)50-56(10,79-50)44(33-47(66)61(12)40-31-38(30-35)32-41(72-13)49(40)58)77-51(68)37(3)60(11)45(64)18-19-46(65)63(39-20-23-62(24-21-39)53(70)80-55(7,8)9)25-27-75-29-28-74-26-22-48(67)78-54(4,5)6/h15-17,31-32,36-37,39,42-44,50,71H,18-30,33-34H2,1-14H3,(H,59,69)/b17-15+,35-16+/t36-,37+,42?,43-,44+,50?,56+,57+/m1/s1. The van der Waals surface area contributed by atoms with E-state index in [4.69, 9.17) is 54.2 Å². The second-order valence-electron chi connectivity index (χ2n) is 23.3. The summed E-state index contributed by atoms with van der Waals surface area (Å²) in [5.41, 5.74) is -2.53. The smallest absolute Gasteiger partial charge is 0.410 e. The van der Waals surface area contributed by atoms with E-state index in [1.54, 1.807) is 96.5 Å². The molecule has 3 fully saturated rings. The van der Waals surface area contributed by atoms with Gasteiger partial charge in [-0.1, -0.05) is 42.3 Å². The van der Waals surface area contributed by atoms with Gasteiger partial charge in [0.15, 0.2) is 5.72 Å². The predicted molar refractivity (Wildman–Crippen MR) is 295 cm³/mol. The number of alkyl carbamates (subject to hydrolysis) is 1. The Labute approximate surface area is 475 Å². The third-order valence-corrected chi connectivity index (χ3v) is 15.1. The lowest BCUT2D eigenvalue weighted by atomic mass is 9.83. The number of hydrogen-bond acceptors (Lipinski definition) is 17. The van der Waals surface area contributed by atoms with E-state index in [0.29, 0.717) is 43.8 Å². The van der Waals surface area contributed by atoms with Crippen LogP contribution in [0.15, 0.2) is 35.9 Å². The summed E-state index contributed by atoms with van der Waals surface area (Å²) < 4.78 is 51.9. The quantitative estimate of drug-likeness (QED) is 0.0709. The van der Waals surface area contributed by atoms with Crippen LogP contribution in [0.4, 0.5) is 15.3 Å². The van der Waals surface area contributed by atoms with E-state index < -0.39 is 95.3 Å². The average molecular weight is 1150 g/mol. The van der Waals surface area contributed by atoms with Crippen LogP contribution in [0.2, 0.25) is 5.02 Å². The molecule has 4 aliphatic rings. The zero-order chi connectivity index (χ0) is 59.5. The number of halogens is 1. The molecule has 0 saturated carbocycles. The highest BCUT2D eigenvalue weighted by Gasteiger charge is 2.64. The zero-order valence-electron chi connectivity index (χ0n) is 49.2. The number of benzene rings is 1. The van der Waals surface area contributed by atoms with E-state index in [0.717, 1.165) is 11.1 Å². The van der Waals surface area contributed by atoms with Gasteiger partial charge in [0.25, 0.3) is 0 Å². The number of ether oxygens (including phenoxy) is 9. The van der Waals surface area contributed by atoms with Gasteiger partial charge in [0.2, 0.25) is 17.7 Å². The van der Waals surface area contributed by atoms with Crippen LogP contribution >= 0.6 is 11.6 Å². The van der Waals surface area contributed by atoms with Crippen molar-refractivity contribution in [3.8, 4) is 5.75 Å². The molecule has 2 N–H and O–H groups in total. The summed E-state index contributed by atoms with van der Waals surface area (Å²) >= 11 is 6.85. The molecule has 0 aliphatic carbocycles. The summed E-state index contributed by atoms with van der Waals surface area (Å²) in [6, 6.07) is 2.04. The molecule has 4 heterocycles. The van der Waals surface area contributed by atoms with Crippen molar-refractivity contribution in [1.82, 2.24) is 20.0 Å². The molecule has 22 nitrogen and oxygen atoms in total. The molecule has 5 amide bonds. The highest BCUT2D eigenvalue weighted by atomic mass is 35.5.